The number of benzene rings is 1. The van der Waals surface area contributed by atoms with Crippen LogP contribution in [0.5, 0.6) is 0 Å². The summed E-state index contributed by atoms with van der Waals surface area (Å²) in [4.78, 5) is 33.0. The van der Waals surface area contributed by atoms with E-state index < -0.39 is 5.91 Å². The molecule has 144 valence electrons. The van der Waals surface area contributed by atoms with Gasteiger partial charge in [-0.05, 0) is 49.9 Å². The third-order valence-electron chi connectivity index (χ3n) is 5.69. The molecule has 2 N–H and O–H groups in total. The van der Waals surface area contributed by atoms with Gasteiger partial charge >= 0.3 is 0 Å². The molecule has 2 aromatic heterocycles. The second kappa shape index (κ2) is 6.74. The van der Waals surface area contributed by atoms with E-state index in [4.69, 9.17) is 10.7 Å². The number of rotatable bonds is 5. The number of carbonyl (C=O) groups excluding carboxylic acids is 2. The molecule has 2 fully saturated rings. The van der Waals surface area contributed by atoms with Gasteiger partial charge in [0.25, 0.3) is 5.91 Å². The Hall–Kier alpha value is -2.67. The van der Waals surface area contributed by atoms with E-state index in [0.29, 0.717) is 17.3 Å². The lowest BCUT2D eigenvalue weighted by Gasteiger charge is -2.24. The molecule has 1 aromatic carbocycles. The van der Waals surface area contributed by atoms with E-state index in [0.717, 1.165) is 54.0 Å². The molecule has 3 aromatic rings. The average molecular weight is 395 g/mol. The molecule has 5 rings (SSSR count). The van der Waals surface area contributed by atoms with Gasteiger partial charge in [-0.1, -0.05) is 12.1 Å². The van der Waals surface area contributed by atoms with E-state index in [9.17, 15) is 9.59 Å². The van der Waals surface area contributed by atoms with Crippen molar-refractivity contribution in [3.8, 4) is 0 Å². The Morgan fingerprint density at radius 3 is 2.71 bits per heavy atom. The molecule has 2 amide bonds. The molecular formula is C21H22N4O2S. The summed E-state index contributed by atoms with van der Waals surface area (Å²) < 4.78 is 2.11. The van der Waals surface area contributed by atoms with E-state index in [1.54, 1.807) is 6.07 Å². The first-order valence-corrected chi connectivity index (χ1v) is 10.6. The molecule has 0 bridgehead atoms. The Labute approximate surface area is 167 Å². The Kier molecular flexibility index (Phi) is 4.19. The number of nitrogens with two attached hydrogens (primary N) is 1. The van der Waals surface area contributed by atoms with Crippen LogP contribution < -0.4 is 5.73 Å². The fourth-order valence-electron chi connectivity index (χ4n) is 4.16. The minimum absolute atomic E-state index is 0.0322. The quantitative estimate of drug-likeness (QED) is 0.720. The van der Waals surface area contributed by atoms with Gasteiger partial charge in [-0.3, -0.25) is 9.59 Å². The molecule has 0 unspecified atom stereocenters. The number of amides is 2. The molecule has 1 atom stereocenters. The van der Waals surface area contributed by atoms with Gasteiger partial charge in [-0.2, -0.15) is 0 Å². The molecular weight excluding hydrogens is 372 g/mol. The number of imidazole rings is 1. The summed E-state index contributed by atoms with van der Waals surface area (Å²) in [5, 5.41) is 0. The van der Waals surface area contributed by atoms with Gasteiger partial charge < -0.3 is 15.2 Å². The minimum atomic E-state index is -0.411. The predicted octanol–water partition coefficient (Wildman–Crippen LogP) is 3.44. The summed E-state index contributed by atoms with van der Waals surface area (Å²) in [6.45, 7) is 1.07. The highest BCUT2D eigenvalue weighted by Crippen LogP contribution is 2.41. The number of primary amides is 1. The van der Waals surface area contributed by atoms with Crippen molar-refractivity contribution in [1.82, 2.24) is 14.5 Å². The zero-order valence-corrected chi connectivity index (χ0v) is 16.3. The number of fused-ring (bicyclic) bond motifs is 1. The van der Waals surface area contributed by atoms with Crippen molar-refractivity contribution < 1.29 is 9.59 Å². The maximum absolute atomic E-state index is 13.3. The van der Waals surface area contributed by atoms with Crippen LogP contribution in [0.1, 0.15) is 58.0 Å². The van der Waals surface area contributed by atoms with Crippen LogP contribution in [0, 0.1) is 0 Å². The fourth-order valence-corrected chi connectivity index (χ4v) is 5.17. The maximum Gasteiger partial charge on any atom is 0.258 e. The van der Waals surface area contributed by atoms with Crippen LogP contribution in [-0.2, 0) is 11.3 Å². The largest absolute Gasteiger partial charge is 0.365 e. The van der Waals surface area contributed by atoms with Crippen LogP contribution in [0.4, 0.5) is 0 Å². The number of para-hydroxylation sites is 2. The van der Waals surface area contributed by atoms with Crippen LogP contribution in [0.3, 0.4) is 0 Å². The topological polar surface area (TPSA) is 81.2 Å². The zero-order valence-electron chi connectivity index (χ0n) is 15.5. The second-order valence-electron chi connectivity index (χ2n) is 7.63. The summed E-state index contributed by atoms with van der Waals surface area (Å²) in [6.07, 6.45) is 4.19. The first-order valence-electron chi connectivity index (χ1n) is 9.76. The first kappa shape index (κ1) is 17.4. The van der Waals surface area contributed by atoms with Crippen LogP contribution >= 0.6 is 11.3 Å². The lowest BCUT2D eigenvalue weighted by molar-refractivity contribution is -0.132. The van der Waals surface area contributed by atoms with Gasteiger partial charge in [0.15, 0.2) is 0 Å². The van der Waals surface area contributed by atoms with Crippen LogP contribution in [0.2, 0.25) is 0 Å². The van der Waals surface area contributed by atoms with E-state index in [2.05, 4.69) is 4.57 Å². The lowest BCUT2D eigenvalue weighted by Crippen LogP contribution is -2.33. The Morgan fingerprint density at radius 2 is 1.96 bits per heavy atom. The van der Waals surface area contributed by atoms with Gasteiger partial charge in [-0.25, -0.2) is 4.98 Å². The molecule has 3 heterocycles. The number of likely N-dealkylation sites (tertiary alicyclic amines) is 1. The summed E-state index contributed by atoms with van der Waals surface area (Å²) in [7, 11) is 0. The van der Waals surface area contributed by atoms with Crippen molar-refractivity contribution >= 4 is 34.2 Å². The highest BCUT2D eigenvalue weighted by Gasteiger charge is 2.34. The highest BCUT2D eigenvalue weighted by molar-refractivity contribution is 7.14. The molecule has 1 aliphatic carbocycles. The third-order valence-corrected chi connectivity index (χ3v) is 6.89. The molecule has 7 heteroatoms. The first-order chi connectivity index (χ1) is 13.6. The van der Waals surface area contributed by atoms with Crippen molar-refractivity contribution in [2.45, 2.75) is 44.2 Å². The summed E-state index contributed by atoms with van der Waals surface area (Å²) >= 11 is 1.40. The Bertz CT molecular complexity index is 1070. The van der Waals surface area contributed by atoms with Crippen LogP contribution in [0.25, 0.3) is 11.0 Å². The average Bonchev–Trinajstić information content (AvgIpc) is 3.11. The Morgan fingerprint density at radius 1 is 1.14 bits per heavy atom. The summed E-state index contributed by atoms with van der Waals surface area (Å²) in [6, 6.07) is 11.8. The lowest BCUT2D eigenvalue weighted by atomic mass is 10.2. The van der Waals surface area contributed by atoms with E-state index in [1.807, 2.05) is 35.2 Å². The molecule has 1 saturated heterocycles. The van der Waals surface area contributed by atoms with Crippen molar-refractivity contribution in [3.05, 3.63) is 52.0 Å². The Balaban J connectivity index is 1.43. The SMILES string of the molecule is NC(=O)c1ccc([C@H]2CCCN2C(=O)Cn2c(C3CC3)nc3ccccc32)s1. The van der Waals surface area contributed by atoms with E-state index in [1.165, 1.54) is 11.3 Å². The second-order valence-corrected chi connectivity index (χ2v) is 8.75. The molecule has 0 radical (unpaired) electrons. The van der Waals surface area contributed by atoms with Crippen LogP contribution in [-0.4, -0.2) is 32.8 Å². The van der Waals surface area contributed by atoms with Gasteiger partial charge in [-0.15, -0.1) is 11.3 Å². The van der Waals surface area contributed by atoms with Crippen molar-refractivity contribution in [2.24, 2.45) is 5.73 Å². The summed E-state index contributed by atoms with van der Waals surface area (Å²) in [5.41, 5.74) is 7.38. The monoisotopic (exact) mass is 394 g/mol. The van der Waals surface area contributed by atoms with Gasteiger partial charge in [0.05, 0.1) is 22.0 Å². The van der Waals surface area contributed by atoms with Crippen molar-refractivity contribution in [2.75, 3.05) is 6.54 Å². The standard InChI is InChI=1S/C21H22N4O2S/c22-20(27)18-10-9-17(28-18)16-6-3-11-24(16)19(26)12-25-15-5-2-1-4-14(15)23-21(25)13-7-8-13/h1-2,4-5,9-10,13,16H,3,6-8,11-12H2,(H2,22,27)/t16-/m1/s1. The molecule has 28 heavy (non-hydrogen) atoms. The smallest absolute Gasteiger partial charge is 0.258 e. The van der Waals surface area contributed by atoms with Gasteiger partial charge in [0.2, 0.25) is 5.91 Å². The molecule has 1 aliphatic heterocycles. The molecule has 1 saturated carbocycles. The van der Waals surface area contributed by atoms with Gasteiger partial charge in [0.1, 0.15) is 12.4 Å². The van der Waals surface area contributed by atoms with Gasteiger partial charge in [0, 0.05) is 17.3 Å². The van der Waals surface area contributed by atoms with E-state index >= 15 is 0 Å². The van der Waals surface area contributed by atoms with Crippen molar-refractivity contribution in [1.29, 1.82) is 0 Å². The normalized spacial score (nSPS) is 19.4. The highest BCUT2D eigenvalue weighted by atomic mass is 32.1. The fraction of sp³-hybridized carbons (Fsp3) is 0.381. The number of hydrogen-bond donors (Lipinski definition) is 1. The third kappa shape index (κ3) is 2.99. The van der Waals surface area contributed by atoms with Crippen LogP contribution in [0.15, 0.2) is 36.4 Å². The number of nitrogens with zero attached hydrogens (tertiary/aromatic N) is 3. The number of carbonyl (C=O) groups is 2. The number of aromatic nitrogens is 2. The number of hydrogen-bond acceptors (Lipinski definition) is 4. The number of thiophene rings is 1. The minimum Gasteiger partial charge on any atom is -0.365 e. The molecule has 6 nitrogen and oxygen atoms in total. The molecule has 0 spiro atoms. The molecule has 2 aliphatic rings. The van der Waals surface area contributed by atoms with E-state index in [-0.39, 0.29) is 11.9 Å². The zero-order chi connectivity index (χ0) is 19.3. The summed E-state index contributed by atoms with van der Waals surface area (Å²) in [5.74, 6) is 1.22. The maximum atomic E-state index is 13.3. The predicted molar refractivity (Wildman–Crippen MR) is 108 cm³/mol. The van der Waals surface area contributed by atoms with Crippen molar-refractivity contribution in [3.63, 3.8) is 0 Å².